The molecule has 0 unspecified atom stereocenters. The van der Waals surface area contributed by atoms with Crippen LogP contribution in [0.1, 0.15) is 36.7 Å². The van der Waals surface area contributed by atoms with Gasteiger partial charge in [-0.1, -0.05) is 26.0 Å². The van der Waals surface area contributed by atoms with Gasteiger partial charge in [0, 0.05) is 35.5 Å². The van der Waals surface area contributed by atoms with Crippen molar-refractivity contribution in [3.8, 4) is 11.4 Å². The molecule has 0 fully saturated rings. The molecular weight excluding hydrogens is 278 g/mol. The highest BCUT2D eigenvalue weighted by Gasteiger charge is 2.19. The first-order valence-corrected chi connectivity index (χ1v) is 8.66. The fourth-order valence-electron chi connectivity index (χ4n) is 2.72. The van der Waals surface area contributed by atoms with Crippen molar-refractivity contribution in [2.24, 2.45) is 0 Å². The van der Waals surface area contributed by atoms with Crippen molar-refractivity contribution in [2.75, 3.05) is 12.8 Å². The predicted molar refractivity (Wildman–Crippen MR) is 88.7 cm³/mol. The topological polar surface area (TPSA) is 37.8 Å². The Bertz CT molecular complexity index is 635. The van der Waals surface area contributed by atoms with E-state index in [2.05, 4.69) is 49.7 Å². The van der Waals surface area contributed by atoms with E-state index < -0.39 is 0 Å². The number of nitrogens with one attached hydrogen (secondary N) is 1. The molecule has 0 aliphatic carbocycles. The first-order valence-electron chi connectivity index (χ1n) is 7.44. The van der Waals surface area contributed by atoms with Gasteiger partial charge in [-0.2, -0.15) is 0 Å². The maximum absolute atomic E-state index is 4.85. The van der Waals surface area contributed by atoms with Gasteiger partial charge in [0.25, 0.3) is 0 Å². The molecule has 1 aliphatic rings. The highest BCUT2D eigenvalue weighted by Crippen LogP contribution is 2.27. The van der Waals surface area contributed by atoms with Crippen LogP contribution < -0.4 is 5.32 Å². The highest BCUT2D eigenvalue weighted by atomic mass is 32.2. The number of rotatable bonds is 3. The first-order chi connectivity index (χ1) is 10.2. The third-order valence-corrected chi connectivity index (χ3v) is 4.60. The van der Waals surface area contributed by atoms with E-state index in [1.165, 1.54) is 21.8 Å². The maximum atomic E-state index is 4.85. The summed E-state index contributed by atoms with van der Waals surface area (Å²) in [5, 5.41) is 3.43. The number of nitrogens with zero attached hydrogens (tertiary/aromatic N) is 2. The van der Waals surface area contributed by atoms with Crippen LogP contribution in [0.2, 0.25) is 0 Å². The van der Waals surface area contributed by atoms with Gasteiger partial charge in [0.05, 0.1) is 11.4 Å². The Balaban J connectivity index is 2.07. The van der Waals surface area contributed by atoms with Gasteiger partial charge < -0.3 is 5.32 Å². The lowest BCUT2D eigenvalue weighted by Gasteiger charge is -2.21. The van der Waals surface area contributed by atoms with E-state index in [1.54, 1.807) is 11.8 Å². The summed E-state index contributed by atoms with van der Waals surface area (Å²) in [5.74, 6) is 1.29. The van der Waals surface area contributed by atoms with Crippen molar-refractivity contribution in [3.63, 3.8) is 0 Å². The third-order valence-electron chi connectivity index (χ3n) is 3.86. The van der Waals surface area contributed by atoms with E-state index in [4.69, 9.17) is 9.97 Å². The SMILES string of the molecule is CSc1ccc(-c2nc3c(c(C(C)C)n2)CNCC3)cc1. The molecule has 1 aliphatic heterocycles. The van der Waals surface area contributed by atoms with E-state index in [1.807, 2.05) is 0 Å². The lowest BCUT2D eigenvalue weighted by molar-refractivity contribution is 0.609. The Morgan fingerprint density at radius 2 is 1.90 bits per heavy atom. The van der Waals surface area contributed by atoms with Gasteiger partial charge in [0.1, 0.15) is 0 Å². The van der Waals surface area contributed by atoms with E-state index in [-0.39, 0.29) is 0 Å². The van der Waals surface area contributed by atoms with Crippen LogP contribution in [0.25, 0.3) is 11.4 Å². The van der Waals surface area contributed by atoms with E-state index in [0.29, 0.717) is 5.92 Å². The monoisotopic (exact) mass is 299 g/mol. The van der Waals surface area contributed by atoms with Gasteiger partial charge in [0.15, 0.2) is 5.82 Å². The molecular formula is C17H21N3S. The molecule has 21 heavy (non-hydrogen) atoms. The van der Waals surface area contributed by atoms with Crippen LogP contribution in [-0.4, -0.2) is 22.8 Å². The summed E-state index contributed by atoms with van der Waals surface area (Å²) < 4.78 is 0. The van der Waals surface area contributed by atoms with Crippen LogP contribution in [0.5, 0.6) is 0 Å². The molecule has 0 atom stereocenters. The van der Waals surface area contributed by atoms with Gasteiger partial charge in [0.2, 0.25) is 0 Å². The molecule has 110 valence electrons. The van der Waals surface area contributed by atoms with Gasteiger partial charge in [-0.15, -0.1) is 11.8 Å². The minimum atomic E-state index is 0.422. The zero-order valence-electron chi connectivity index (χ0n) is 12.8. The Hall–Kier alpha value is -1.39. The molecule has 3 rings (SSSR count). The van der Waals surface area contributed by atoms with E-state index in [9.17, 15) is 0 Å². The molecule has 2 heterocycles. The molecule has 0 saturated heterocycles. The molecule has 0 bridgehead atoms. The summed E-state index contributed by atoms with van der Waals surface area (Å²) in [6, 6.07) is 8.52. The summed E-state index contributed by atoms with van der Waals surface area (Å²) in [6.07, 6.45) is 3.09. The van der Waals surface area contributed by atoms with Crippen molar-refractivity contribution < 1.29 is 0 Å². The molecule has 0 radical (unpaired) electrons. The predicted octanol–water partition coefficient (Wildman–Crippen LogP) is 3.63. The van der Waals surface area contributed by atoms with E-state index in [0.717, 1.165) is 30.9 Å². The van der Waals surface area contributed by atoms with Crippen LogP contribution in [0.4, 0.5) is 0 Å². The molecule has 4 heteroatoms. The van der Waals surface area contributed by atoms with Gasteiger partial charge in [-0.3, -0.25) is 0 Å². The molecule has 1 aromatic carbocycles. The Kier molecular flexibility index (Phi) is 4.27. The van der Waals surface area contributed by atoms with Crippen LogP contribution in [0.15, 0.2) is 29.2 Å². The van der Waals surface area contributed by atoms with Crippen molar-refractivity contribution in [1.29, 1.82) is 0 Å². The molecule has 2 aromatic rings. The molecule has 1 N–H and O–H groups in total. The summed E-state index contributed by atoms with van der Waals surface area (Å²) in [5.41, 5.74) is 4.82. The largest absolute Gasteiger partial charge is 0.312 e. The van der Waals surface area contributed by atoms with Gasteiger partial charge in [-0.05, 0) is 24.3 Å². The normalized spacial score (nSPS) is 14.3. The zero-order valence-corrected chi connectivity index (χ0v) is 13.6. The van der Waals surface area contributed by atoms with Gasteiger partial charge >= 0.3 is 0 Å². The second-order valence-corrected chi connectivity index (χ2v) is 6.55. The summed E-state index contributed by atoms with van der Waals surface area (Å²) in [4.78, 5) is 10.9. The standard InChI is InChI=1S/C17H21N3S/c1-11(2)16-14-10-18-9-8-15(14)19-17(20-16)12-4-6-13(21-3)7-5-12/h4-7,11,18H,8-10H2,1-3H3. The van der Waals surface area contributed by atoms with Crippen LogP contribution in [0, 0.1) is 0 Å². The highest BCUT2D eigenvalue weighted by molar-refractivity contribution is 7.98. The Labute approximate surface area is 130 Å². The maximum Gasteiger partial charge on any atom is 0.159 e. The minimum Gasteiger partial charge on any atom is -0.312 e. The number of aromatic nitrogens is 2. The van der Waals surface area contributed by atoms with Crippen molar-refractivity contribution in [2.45, 2.75) is 37.6 Å². The van der Waals surface area contributed by atoms with Crippen molar-refractivity contribution in [1.82, 2.24) is 15.3 Å². The molecule has 0 saturated carbocycles. The summed E-state index contributed by atoms with van der Waals surface area (Å²) in [6.45, 7) is 6.32. The third kappa shape index (κ3) is 2.97. The second-order valence-electron chi connectivity index (χ2n) is 5.67. The summed E-state index contributed by atoms with van der Waals surface area (Å²) >= 11 is 1.75. The fourth-order valence-corrected chi connectivity index (χ4v) is 3.12. The summed E-state index contributed by atoms with van der Waals surface area (Å²) in [7, 11) is 0. The van der Waals surface area contributed by atoms with Crippen LogP contribution >= 0.6 is 11.8 Å². The van der Waals surface area contributed by atoms with Crippen molar-refractivity contribution >= 4 is 11.8 Å². The minimum absolute atomic E-state index is 0.422. The molecule has 0 amide bonds. The first kappa shape index (κ1) is 14.5. The average Bonchev–Trinajstić information content (AvgIpc) is 2.53. The van der Waals surface area contributed by atoms with E-state index >= 15 is 0 Å². The number of thioether (sulfide) groups is 1. The smallest absolute Gasteiger partial charge is 0.159 e. The molecule has 1 aromatic heterocycles. The van der Waals surface area contributed by atoms with Crippen LogP contribution in [0.3, 0.4) is 0 Å². The lowest BCUT2D eigenvalue weighted by atomic mass is 9.98. The second kappa shape index (κ2) is 6.16. The lowest BCUT2D eigenvalue weighted by Crippen LogP contribution is -2.27. The number of benzene rings is 1. The molecule has 0 spiro atoms. The van der Waals surface area contributed by atoms with Crippen molar-refractivity contribution in [3.05, 3.63) is 41.2 Å². The zero-order chi connectivity index (χ0) is 14.8. The fraction of sp³-hybridized carbons (Fsp3) is 0.412. The number of hydrogen-bond acceptors (Lipinski definition) is 4. The number of fused-ring (bicyclic) bond motifs is 1. The Morgan fingerprint density at radius 3 is 2.57 bits per heavy atom. The average molecular weight is 299 g/mol. The number of hydrogen-bond donors (Lipinski definition) is 1. The van der Waals surface area contributed by atoms with Gasteiger partial charge in [-0.25, -0.2) is 9.97 Å². The van der Waals surface area contributed by atoms with Crippen LogP contribution in [-0.2, 0) is 13.0 Å². The Morgan fingerprint density at radius 1 is 1.14 bits per heavy atom. The molecule has 3 nitrogen and oxygen atoms in total. The quantitative estimate of drug-likeness (QED) is 0.878.